The molecule has 1 aliphatic heterocycles. The number of benzene rings is 2. The molecule has 0 spiro atoms. The summed E-state index contributed by atoms with van der Waals surface area (Å²) < 4.78 is 5.54. The molecule has 0 amide bonds. The third-order valence-corrected chi connectivity index (χ3v) is 3.38. The van der Waals surface area contributed by atoms with Crippen LogP contribution in [0.4, 0.5) is 11.4 Å². The number of fused-ring (bicyclic) bond motifs is 1. The van der Waals surface area contributed by atoms with E-state index in [0.717, 1.165) is 11.3 Å². The molecule has 0 fully saturated rings. The summed E-state index contributed by atoms with van der Waals surface area (Å²) >= 11 is 0. The number of carbonyl (C=O) groups is 1. The van der Waals surface area contributed by atoms with Crippen LogP contribution in [0.1, 0.15) is 22.0 Å². The quantitative estimate of drug-likeness (QED) is 0.530. The summed E-state index contributed by atoms with van der Waals surface area (Å²) in [5.74, 6) is 0.780. The van der Waals surface area contributed by atoms with E-state index < -0.39 is 4.92 Å². The Hall–Kier alpha value is -2.89. The fourth-order valence-electron chi connectivity index (χ4n) is 2.36. The molecular formula is C15H12N2O4. The van der Waals surface area contributed by atoms with Gasteiger partial charge in [0.15, 0.2) is 0 Å². The SMILES string of the molecule is O=Cc1ccc(NC2COc3ccccc32)c([N+](=O)[O-])c1. The molecule has 1 heterocycles. The number of hydrogen-bond donors (Lipinski definition) is 1. The molecule has 0 bridgehead atoms. The van der Waals surface area contributed by atoms with Gasteiger partial charge in [-0.2, -0.15) is 0 Å². The second kappa shape index (κ2) is 5.24. The summed E-state index contributed by atoms with van der Waals surface area (Å²) in [6, 6.07) is 11.8. The molecule has 0 saturated heterocycles. The van der Waals surface area contributed by atoms with E-state index in [4.69, 9.17) is 4.74 Å². The van der Waals surface area contributed by atoms with Gasteiger partial charge in [0, 0.05) is 17.2 Å². The van der Waals surface area contributed by atoms with Gasteiger partial charge in [0.2, 0.25) is 0 Å². The van der Waals surface area contributed by atoms with Crippen LogP contribution in [-0.2, 0) is 0 Å². The number of nitrogens with zero attached hydrogens (tertiary/aromatic N) is 1. The van der Waals surface area contributed by atoms with Crippen molar-refractivity contribution in [2.75, 3.05) is 11.9 Å². The number of para-hydroxylation sites is 1. The second-order valence-corrected chi connectivity index (χ2v) is 4.70. The molecule has 1 N–H and O–H groups in total. The summed E-state index contributed by atoms with van der Waals surface area (Å²) in [5.41, 5.74) is 1.49. The lowest BCUT2D eigenvalue weighted by molar-refractivity contribution is -0.384. The first-order valence-corrected chi connectivity index (χ1v) is 6.41. The number of aldehydes is 1. The van der Waals surface area contributed by atoms with Gasteiger partial charge in [-0.1, -0.05) is 18.2 Å². The van der Waals surface area contributed by atoms with Crippen LogP contribution in [0.5, 0.6) is 5.75 Å². The molecule has 1 atom stereocenters. The van der Waals surface area contributed by atoms with Gasteiger partial charge in [0.1, 0.15) is 24.3 Å². The summed E-state index contributed by atoms with van der Waals surface area (Å²) in [4.78, 5) is 21.4. The Morgan fingerprint density at radius 2 is 2.10 bits per heavy atom. The van der Waals surface area contributed by atoms with E-state index in [2.05, 4.69) is 5.32 Å². The van der Waals surface area contributed by atoms with E-state index in [9.17, 15) is 14.9 Å². The van der Waals surface area contributed by atoms with Gasteiger partial charge in [-0.15, -0.1) is 0 Å². The Balaban J connectivity index is 1.92. The highest BCUT2D eigenvalue weighted by atomic mass is 16.6. The smallest absolute Gasteiger partial charge is 0.293 e. The van der Waals surface area contributed by atoms with Crippen LogP contribution in [0.25, 0.3) is 0 Å². The van der Waals surface area contributed by atoms with Crippen LogP contribution >= 0.6 is 0 Å². The number of carbonyl (C=O) groups excluding carboxylic acids is 1. The summed E-state index contributed by atoms with van der Waals surface area (Å²) in [5, 5.41) is 14.2. The molecule has 6 nitrogen and oxygen atoms in total. The van der Waals surface area contributed by atoms with Crippen molar-refractivity contribution in [2.45, 2.75) is 6.04 Å². The normalized spacial score (nSPS) is 15.9. The van der Waals surface area contributed by atoms with Gasteiger partial charge >= 0.3 is 0 Å². The van der Waals surface area contributed by atoms with Gasteiger partial charge in [0.25, 0.3) is 5.69 Å². The summed E-state index contributed by atoms with van der Waals surface area (Å²) in [7, 11) is 0. The molecule has 21 heavy (non-hydrogen) atoms. The molecule has 2 aromatic rings. The zero-order chi connectivity index (χ0) is 14.8. The molecule has 1 aliphatic rings. The third-order valence-electron chi connectivity index (χ3n) is 3.38. The van der Waals surface area contributed by atoms with Gasteiger partial charge < -0.3 is 10.1 Å². The fraction of sp³-hybridized carbons (Fsp3) is 0.133. The van der Waals surface area contributed by atoms with Crippen LogP contribution < -0.4 is 10.1 Å². The predicted octanol–water partition coefficient (Wildman–Crippen LogP) is 2.95. The Labute approximate surface area is 120 Å². The second-order valence-electron chi connectivity index (χ2n) is 4.70. The van der Waals surface area contributed by atoms with Crippen molar-refractivity contribution in [2.24, 2.45) is 0 Å². The van der Waals surface area contributed by atoms with Crippen LogP contribution in [0.15, 0.2) is 42.5 Å². The minimum absolute atomic E-state index is 0.121. The lowest BCUT2D eigenvalue weighted by Crippen LogP contribution is -2.13. The standard InChI is InChI=1S/C15H12N2O4/c18-8-10-5-6-12(14(7-10)17(19)20)16-13-9-21-15-4-2-1-3-11(13)15/h1-8,13,16H,9H2. The third kappa shape index (κ3) is 2.43. The maximum Gasteiger partial charge on any atom is 0.293 e. The van der Waals surface area contributed by atoms with E-state index in [1.807, 2.05) is 24.3 Å². The van der Waals surface area contributed by atoms with E-state index in [1.54, 1.807) is 12.1 Å². The minimum Gasteiger partial charge on any atom is -0.491 e. The fourth-order valence-corrected chi connectivity index (χ4v) is 2.36. The Morgan fingerprint density at radius 1 is 1.29 bits per heavy atom. The number of ether oxygens (including phenoxy) is 1. The average Bonchev–Trinajstić information content (AvgIpc) is 2.91. The van der Waals surface area contributed by atoms with Crippen LogP contribution in [-0.4, -0.2) is 17.8 Å². The number of anilines is 1. The lowest BCUT2D eigenvalue weighted by atomic mass is 10.1. The Morgan fingerprint density at radius 3 is 2.86 bits per heavy atom. The molecule has 0 aromatic heterocycles. The van der Waals surface area contributed by atoms with E-state index >= 15 is 0 Å². The lowest BCUT2D eigenvalue weighted by Gasteiger charge is -2.13. The Bertz CT molecular complexity index is 715. The van der Waals surface area contributed by atoms with Crippen LogP contribution in [0.2, 0.25) is 0 Å². The van der Waals surface area contributed by atoms with Crippen molar-refractivity contribution in [1.82, 2.24) is 0 Å². The van der Waals surface area contributed by atoms with Gasteiger partial charge in [-0.25, -0.2) is 0 Å². The maximum absolute atomic E-state index is 11.1. The molecule has 6 heteroatoms. The van der Waals surface area contributed by atoms with Crippen molar-refractivity contribution in [3.05, 3.63) is 63.7 Å². The van der Waals surface area contributed by atoms with Crippen molar-refractivity contribution >= 4 is 17.7 Å². The number of nitro benzene ring substituents is 1. The monoisotopic (exact) mass is 284 g/mol. The topological polar surface area (TPSA) is 81.5 Å². The molecule has 106 valence electrons. The predicted molar refractivity (Wildman–Crippen MR) is 76.8 cm³/mol. The average molecular weight is 284 g/mol. The highest BCUT2D eigenvalue weighted by Gasteiger charge is 2.26. The van der Waals surface area contributed by atoms with Crippen LogP contribution in [0.3, 0.4) is 0 Å². The summed E-state index contributed by atoms with van der Waals surface area (Å²) in [6.45, 7) is 0.409. The van der Waals surface area contributed by atoms with Crippen molar-refractivity contribution in [3.63, 3.8) is 0 Å². The van der Waals surface area contributed by atoms with Crippen LogP contribution in [0, 0.1) is 10.1 Å². The number of hydrogen-bond acceptors (Lipinski definition) is 5. The molecule has 2 aromatic carbocycles. The van der Waals surface area contributed by atoms with E-state index in [0.29, 0.717) is 18.6 Å². The molecule has 0 aliphatic carbocycles. The van der Waals surface area contributed by atoms with E-state index in [1.165, 1.54) is 6.07 Å². The first-order chi connectivity index (χ1) is 10.2. The highest BCUT2D eigenvalue weighted by Crippen LogP contribution is 2.36. The Kier molecular flexibility index (Phi) is 3.27. The number of rotatable bonds is 4. The number of nitro groups is 1. The first-order valence-electron chi connectivity index (χ1n) is 6.41. The van der Waals surface area contributed by atoms with Crippen molar-refractivity contribution in [3.8, 4) is 5.75 Å². The molecule has 0 saturated carbocycles. The highest BCUT2D eigenvalue weighted by molar-refractivity contribution is 5.79. The summed E-state index contributed by atoms with van der Waals surface area (Å²) in [6.07, 6.45) is 0.588. The van der Waals surface area contributed by atoms with Gasteiger partial charge in [-0.05, 0) is 18.2 Å². The largest absolute Gasteiger partial charge is 0.491 e. The molecular weight excluding hydrogens is 272 g/mol. The van der Waals surface area contributed by atoms with Gasteiger partial charge in [-0.3, -0.25) is 14.9 Å². The number of nitrogens with one attached hydrogen (secondary N) is 1. The first kappa shape index (κ1) is 13.1. The maximum atomic E-state index is 11.1. The minimum atomic E-state index is -0.503. The van der Waals surface area contributed by atoms with Crippen molar-refractivity contribution < 1.29 is 14.5 Å². The molecule has 0 radical (unpaired) electrons. The van der Waals surface area contributed by atoms with E-state index in [-0.39, 0.29) is 17.3 Å². The van der Waals surface area contributed by atoms with Gasteiger partial charge in [0.05, 0.1) is 11.0 Å². The molecule has 1 unspecified atom stereocenters. The molecule has 3 rings (SSSR count). The zero-order valence-electron chi connectivity index (χ0n) is 11.0. The van der Waals surface area contributed by atoms with Crippen molar-refractivity contribution in [1.29, 1.82) is 0 Å². The zero-order valence-corrected chi connectivity index (χ0v) is 11.0.